The van der Waals surface area contributed by atoms with Gasteiger partial charge in [-0.3, -0.25) is 4.79 Å². The largest absolute Gasteiger partial charge is 0.462 e. The molecule has 0 radical (unpaired) electrons. The smallest absolute Gasteiger partial charge is 0.319 e. The Kier molecular flexibility index (Phi) is 8.34. The summed E-state index contributed by atoms with van der Waals surface area (Å²) in [6.45, 7) is 12.5. The van der Waals surface area contributed by atoms with E-state index in [1.165, 1.54) is 11.0 Å². The van der Waals surface area contributed by atoms with Crippen LogP contribution in [0.25, 0.3) is 37.6 Å². The van der Waals surface area contributed by atoms with Crippen LogP contribution in [0.4, 0.5) is 14.6 Å². The molecule has 2 aliphatic rings. The molecule has 11 heteroatoms. The summed E-state index contributed by atoms with van der Waals surface area (Å²) < 4.78 is 36.0. The quantitative estimate of drug-likeness (QED) is 0.184. The van der Waals surface area contributed by atoms with Crippen LogP contribution in [-0.2, 0) is 4.79 Å². The molecule has 44 heavy (non-hydrogen) atoms. The normalized spacial score (nSPS) is 19.0. The fourth-order valence-corrected chi connectivity index (χ4v) is 6.52. The standard InChI is InChI=1S/C33H31ClF2N6O2/c1-20(35)32(43)42-14-13-41(18-23(42)17-37-2)31-26-15-28(36)25(24-10-4-7-21-8-5-11-27(34)30(21)24)16-29(26)38-33(39-31)44-19-22-9-6-12-40(22)3/h4-5,7-8,10-11,15-16,22-23H,1,6,9,12-14,17-19H2,3H3/t22-,23-/m0/s1. The Balaban J connectivity index is 1.45. The number of benzene rings is 3. The molecule has 2 saturated heterocycles. The molecular formula is C33H31ClF2N6O2. The van der Waals surface area contributed by atoms with Crippen molar-refractivity contribution in [3.8, 4) is 17.1 Å². The number of ether oxygens (including phenoxy) is 1. The SMILES string of the molecule is [C-]#[N+]C[C@H]1CN(c2nc(OC[C@@H]3CCCN3C)nc3cc(-c4cccc5cccc(Cl)c45)c(F)cc23)CCN1C(=O)C(=C)F. The highest BCUT2D eigenvalue weighted by molar-refractivity contribution is 6.36. The summed E-state index contributed by atoms with van der Waals surface area (Å²) in [5.41, 5.74) is 1.45. The number of carbonyl (C=O) groups is 1. The van der Waals surface area contributed by atoms with Crippen LogP contribution in [0.1, 0.15) is 12.8 Å². The van der Waals surface area contributed by atoms with Crippen molar-refractivity contribution in [2.24, 2.45) is 0 Å². The Bertz CT molecular complexity index is 1810. The summed E-state index contributed by atoms with van der Waals surface area (Å²) in [5, 5.41) is 2.60. The first kappa shape index (κ1) is 29.7. The van der Waals surface area contributed by atoms with Crippen molar-refractivity contribution in [1.29, 1.82) is 0 Å². The van der Waals surface area contributed by atoms with Crippen LogP contribution < -0.4 is 9.64 Å². The average molecular weight is 617 g/mol. The average Bonchev–Trinajstić information content (AvgIpc) is 3.43. The predicted molar refractivity (Wildman–Crippen MR) is 168 cm³/mol. The maximum absolute atomic E-state index is 16.1. The molecule has 2 fully saturated rings. The van der Waals surface area contributed by atoms with Gasteiger partial charge in [-0.2, -0.15) is 9.97 Å². The molecule has 3 aromatic carbocycles. The number of piperazine rings is 1. The Morgan fingerprint density at radius 1 is 1.14 bits per heavy atom. The van der Waals surface area contributed by atoms with Gasteiger partial charge in [-0.05, 0) is 55.6 Å². The van der Waals surface area contributed by atoms with E-state index in [0.717, 1.165) is 30.2 Å². The van der Waals surface area contributed by atoms with E-state index in [2.05, 4.69) is 23.4 Å². The van der Waals surface area contributed by atoms with Crippen molar-refractivity contribution in [2.45, 2.75) is 24.9 Å². The number of rotatable bonds is 7. The number of fused-ring (bicyclic) bond motifs is 2. The molecule has 8 nitrogen and oxygen atoms in total. The monoisotopic (exact) mass is 616 g/mol. The molecule has 0 spiro atoms. The van der Waals surface area contributed by atoms with Gasteiger partial charge in [0.1, 0.15) is 24.3 Å². The van der Waals surface area contributed by atoms with Crippen LogP contribution in [0.2, 0.25) is 5.02 Å². The second kappa shape index (κ2) is 12.3. The van der Waals surface area contributed by atoms with Gasteiger partial charge in [0.15, 0.2) is 5.83 Å². The lowest BCUT2D eigenvalue weighted by atomic mass is 9.96. The second-order valence-electron chi connectivity index (χ2n) is 11.3. The number of halogens is 3. The molecule has 226 valence electrons. The summed E-state index contributed by atoms with van der Waals surface area (Å²) >= 11 is 6.59. The number of anilines is 1. The lowest BCUT2D eigenvalue weighted by Gasteiger charge is -2.39. The summed E-state index contributed by atoms with van der Waals surface area (Å²) in [4.78, 5) is 30.9. The van der Waals surface area contributed by atoms with Crippen molar-refractivity contribution < 1.29 is 18.3 Å². The molecule has 0 aliphatic carbocycles. The highest BCUT2D eigenvalue weighted by Gasteiger charge is 2.35. The second-order valence-corrected chi connectivity index (χ2v) is 11.7. The molecule has 0 unspecified atom stereocenters. The van der Waals surface area contributed by atoms with Crippen molar-refractivity contribution in [3.63, 3.8) is 0 Å². The molecule has 4 aromatic rings. The van der Waals surface area contributed by atoms with Crippen LogP contribution in [0.15, 0.2) is 60.9 Å². The van der Waals surface area contributed by atoms with Gasteiger partial charge < -0.3 is 24.3 Å². The zero-order valence-electron chi connectivity index (χ0n) is 24.3. The zero-order chi connectivity index (χ0) is 31.0. The molecule has 1 aromatic heterocycles. The first-order valence-electron chi connectivity index (χ1n) is 14.5. The molecule has 0 saturated carbocycles. The van der Waals surface area contributed by atoms with Crippen LogP contribution in [0, 0.1) is 12.4 Å². The summed E-state index contributed by atoms with van der Waals surface area (Å²) in [5.74, 6) is -1.96. The number of likely N-dealkylation sites (N-methyl/N-ethyl adjacent to an activating group) is 1. The van der Waals surface area contributed by atoms with E-state index in [0.29, 0.717) is 39.5 Å². The van der Waals surface area contributed by atoms with E-state index < -0.39 is 23.6 Å². The minimum absolute atomic E-state index is 0.0315. The van der Waals surface area contributed by atoms with Gasteiger partial charge in [0.2, 0.25) is 6.54 Å². The number of amides is 1. The van der Waals surface area contributed by atoms with Crippen LogP contribution in [-0.4, -0.2) is 84.1 Å². The summed E-state index contributed by atoms with van der Waals surface area (Å²) in [6, 6.07) is 14.1. The van der Waals surface area contributed by atoms with Crippen molar-refractivity contribution in [3.05, 3.63) is 83.2 Å². The number of aromatic nitrogens is 2. The van der Waals surface area contributed by atoms with E-state index in [-0.39, 0.29) is 38.2 Å². The molecule has 2 aliphatic heterocycles. The third kappa shape index (κ3) is 5.65. The van der Waals surface area contributed by atoms with Gasteiger partial charge in [0.05, 0.1) is 5.52 Å². The van der Waals surface area contributed by atoms with Gasteiger partial charge in [0, 0.05) is 47.0 Å². The zero-order valence-corrected chi connectivity index (χ0v) is 25.0. The van der Waals surface area contributed by atoms with Gasteiger partial charge in [-0.25, -0.2) is 15.4 Å². The Morgan fingerprint density at radius 3 is 2.66 bits per heavy atom. The van der Waals surface area contributed by atoms with Crippen LogP contribution in [0.5, 0.6) is 6.01 Å². The van der Waals surface area contributed by atoms with Gasteiger partial charge in [0.25, 0.3) is 5.91 Å². The van der Waals surface area contributed by atoms with Crippen LogP contribution >= 0.6 is 11.6 Å². The highest BCUT2D eigenvalue weighted by Crippen LogP contribution is 2.38. The third-order valence-corrected chi connectivity index (χ3v) is 8.86. The van der Waals surface area contributed by atoms with Crippen molar-refractivity contribution in [2.75, 3.05) is 51.3 Å². The molecule has 0 N–H and O–H groups in total. The third-order valence-electron chi connectivity index (χ3n) is 8.54. The molecule has 3 heterocycles. The fraction of sp³-hybridized carbons (Fsp3) is 0.333. The van der Waals surface area contributed by atoms with Crippen LogP contribution in [0.3, 0.4) is 0 Å². The number of hydrogen-bond acceptors (Lipinski definition) is 6. The Hall–Kier alpha value is -4.33. The van der Waals surface area contributed by atoms with Gasteiger partial charge in [-0.15, -0.1) is 0 Å². The first-order valence-corrected chi connectivity index (χ1v) is 14.9. The fourth-order valence-electron chi connectivity index (χ4n) is 6.24. The molecule has 1 amide bonds. The Morgan fingerprint density at radius 2 is 1.93 bits per heavy atom. The van der Waals surface area contributed by atoms with Gasteiger partial charge >= 0.3 is 6.01 Å². The minimum Gasteiger partial charge on any atom is -0.462 e. The maximum atomic E-state index is 16.1. The molecular weight excluding hydrogens is 586 g/mol. The maximum Gasteiger partial charge on any atom is 0.319 e. The summed E-state index contributed by atoms with van der Waals surface area (Å²) in [7, 11) is 2.06. The van der Waals surface area contributed by atoms with Gasteiger partial charge in [-0.1, -0.05) is 48.5 Å². The number of likely N-dealkylation sites (tertiary alicyclic amines) is 1. The minimum atomic E-state index is -1.07. The van der Waals surface area contributed by atoms with Crippen molar-refractivity contribution in [1.82, 2.24) is 19.8 Å². The van der Waals surface area contributed by atoms with Crippen molar-refractivity contribution >= 4 is 45.0 Å². The lowest BCUT2D eigenvalue weighted by molar-refractivity contribution is -0.131. The van der Waals surface area contributed by atoms with E-state index in [9.17, 15) is 9.18 Å². The molecule has 6 rings (SSSR count). The summed E-state index contributed by atoms with van der Waals surface area (Å²) in [6.07, 6.45) is 2.09. The topological polar surface area (TPSA) is 66.2 Å². The van der Waals surface area contributed by atoms with E-state index in [4.69, 9.17) is 32.9 Å². The highest BCUT2D eigenvalue weighted by atomic mass is 35.5. The molecule has 2 atom stereocenters. The first-order chi connectivity index (χ1) is 21.2. The van der Waals surface area contributed by atoms with E-state index in [1.807, 2.05) is 35.2 Å². The number of carbonyl (C=O) groups excluding carboxylic acids is 1. The van der Waals surface area contributed by atoms with E-state index >= 15 is 4.39 Å². The Labute approximate surface area is 259 Å². The number of nitrogens with zero attached hydrogens (tertiary/aromatic N) is 6. The lowest BCUT2D eigenvalue weighted by Crippen LogP contribution is -2.56. The molecule has 0 bridgehead atoms. The van der Waals surface area contributed by atoms with E-state index in [1.54, 1.807) is 12.1 Å². The number of hydrogen-bond donors (Lipinski definition) is 0. The predicted octanol–water partition coefficient (Wildman–Crippen LogP) is 6.14.